The molecule has 4 heteroatoms. The van der Waals surface area contributed by atoms with Gasteiger partial charge in [0.15, 0.2) is 0 Å². The van der Waals surface area contributed by atoms with Gasteiger partial charge < -0.3 is 9.80 Å². The zero-order valence-electron chi connectivity index (χ0n) is 11.6. The lowest BCUT2D eigenvalue weighted by Gasteiger charge is -2.34. The molecule has 1 aromatic rings. The Balaban J connectivity index is 2.26. The molecule has 0 bridgehead atoms. The van der Waals surface area contributed by atoms with Crippen molar-refractivity contribution in [2.75, 3.05) is 38.1 Å². The second-order valence-corrected chi connectivity index (χ2v) is 4.89. The summed E-state index contributed by atoms with van der Waals surface area (Å²) in [7, 11) is 2.12. The summed E-state index contributed by atoms with van der Waals surface area (Å²) in [6, 6.07) is 3.82. The third-order valence-electron chi connectivity index (χ3n) is 3.32. The fraction of sp³-hybridized carbons (Fsp3) is 0.400. The van der Waals surface area contributed by atoms with Crippen LogP contribution in [0.3, 0.4) is 0 Å². The Hall–Kier alpha value is -1.68. The van der Waals surface area contributed by atoms with Crippen molar-refractivity contribution in [1.82, 2.24) is 9.88 Å². The van der Waals surface area contributed by atoms with Gasteiger partial charge in [-0.15, -0.1) is 0 Å². The molecule has 1 aliphatic rings. The Bertz CT molecular complexity index is 488. The van der Waals surface area contributed by atoms with Crippen LogP contribution in [0.5, 0.6) is 0 Å². The van der Waals surface area contributed by atoms with E-state index in [9.17, 15) is 4.39 Å². The number of pyridine rings is 1. The van der Waals surface area contributed by atoms with Gasteiger partial charge in [0.25, 0.3) is 0 Å². The molecule has 0 unspecified atom stereocenters. The lowest BCUT2D eigenvalue weighted by molar-refractivity contribution is 0.313. The first-order valence-electron chi connectivity index (χ1n) is 6.51. The normalized spacial score (nSPS) is 17.6. The monoisotopic (exact) mass is 261 g/mol. The molecule has 0 atom stereocenters. The number of hydrogen-bond donors (Lipinski definition) is 0. The van der Waals surface area contributed by atoms with Crippen LogP contribution in [0.15, 0.2) is 30.9 Å². The van der Waals surface area contributed by atoms with Gasteiger partial charge in [-0.3, -0.25) is 4.98 Å². The number of aryl methyl sites for hydroxylation is 1. The van der Waals surface area contributed by atoms with Gasteiger partial charge in [-0.25, -0.2) is 4.39 Å². The molecule has 3 nitrogen and oxygen atoms in total. The quantitative estimate of drug-likeness (QED) is 0.780. The first-order chi connectivity index (χ1) is 9.10. The van der Waals surface area contributed by atoms with Crippen molar-refractivity contribution < 1.29 is 4.39 Å². The average molecular weight is 261 g/mol. The SMILES string of the molecule is C=C/C=C(\F)c1cc(N2CCN(C)CC2)cc(C)n1. The molecule has 19 heavy (non-hydrogen) atoms. The van der Waals surface area contributed by atoms with Gasteiger partial charge in [-0.1, -0.05) is 12.7 Å². The Labute approximate surface area is 114 Å². The minimum Gasteiger partial charge on any atom is -0.369 e. The molecule has 0 radical (unpaired) electrons. The predicted molar refractivity (Wildman–Crippen MR) is 78.0 cm³/mol. The predicted octanol–water partition coefficient (Wildman–Crippen LogP) is 2.64. The van der Waals surface area contributed by atoms with Gasteiger partial charge in [0, 0.05) is 37.6 Å². The first kappa shape index (κ1) is 13.7. The number of aromatic nitrogens is 1. The topological polar surface area (TPSA) is 19.4 Å². The van der Waals surface area contributed by atoms with Gasteiger partial charge in [0.1, 0.15) is 11.5 Å². The van der Waals surface area contributed by atoms with Crippen molar-refractivity contribution in [3.63, 3.8) is 0 Å². The number of piperazine rings is 1. The lowest BCUT2D eigenvalue weighted by atomic mass is 10.2. The van der Waals surface area contributed by atoms with Gasteiger partial charge >= 0.3 is 0 Å². The summed E-state index contributed by atoms with van der Waals surface area (Å²) in [4.78, 5) is 8.81. The summed E-state index contributed by atoms with van der Waals surface area (Å²) in [6.45, 7) is 9.39. The van der Waals surface area contributed by atoms with Crippen LogP contribution in [0.1, 0.15) is 11.4 Å². The van der Waals surface area contributed by atoms with Crippen LogP contribution < -0.4 is 4.90 Å². The van der Waals surface area contributed by atoms with Crippen molar-refractivity contribution >= 4 is 11.5 Å². The fourth-order valence-electron chi connectivity index (χ4n) is 2.21. The van der Waals surface area contributed by atoms with Crippen molar-refractivity contribution in [2.24, 2.45) is 0 Å². The molecule has 0 amide bonds. The van der Waals surface area contributed by atoms with E-state index in [1.165, 1.54) is 12.2 Å². The highest BCUT2D eigenvalue weighted by Crippen LogP contribution is 2.23. The van der Waals surface area contributed by atoms with E-state index >= 15 is 0 Å². The summed E-state index contributed by atoms with van der Waals surface area (Å²) in [5.74, 6) is -0.339. The van der Waals surface area contributed by atoms with E-state index in [1.807, 2.05) is 19.1 Å². The van der Waals surface area contributed by atoms with Gasteiger partial charge in [-0.05, 0) is 32.2 Å². The number of likely N-dealkylation sites (N-methyl/N-ethyl adjacent to an activating group) is 1. The third-order valence-corrected chi connectivity index (χ3v) is 3.32. The van der Waals surface area contributed by atoms with Crippen LogP contribution in [0.4, 0.5) is 10.1 Å². The van der Waals surface area contributed by atoms with E-state index in [4.69, 9.17) is 0 Å². The number of rotatable bonds is 3. The number of halogens is 1. The number of anilines is 1. The molecule has 0 aliphatic carbocycles. The van der Waals surface area contributed by atoms with Gasteiger partial charge in [-0.2, -0.15) is 0 Å². The highest BCUT2D eigenvalue weighted by molar-refractivity contribution is 5.62. The number of allylic oxidation sites excluding steroid dienone is 2. The lowest BCUT2D eigenvalue weighted by Crippen LogP contribution is -2.44. The summed E-state index contributed by atoms with van der Waals surface area (Å²) in [6.07, 6.45) is 2.78. The van der Waals surface area contributed by atoms with E-state index in [0.717, 1.165) is 37.6 Å². The molecular weight excluding hydrogens is 241 g/mol. The third kappa shape index (κ3) is 3.41. The van der Waals surface area contributed by atoms with Crippen LogP contribution in [-0.2, 0) is 0 Å². The Morgan fingerprint density at radius 2 is 2.00 bits per heavy atom. The van der Waals surface area contributed by atoms with Crippen molar-refractivity contribution in [3.05, 3.63) is 42.3 Å². The van der Waals surface area contributed by atoms with Gasteiger partial charge in [0.05, 0.1) is 0 Å². The number of nitrogens with zero attached hydrogens (tertiary/aromatic N) is 3. The maximum atomic E-state index is 13.8. The van der Waals surface area contributed by atoms with Crippen LogP contribution in [0, 0.1) is 6.92 Å². The number of hydrogen-bond acceptors (Lipinski definition) is 3. The van der Waals surface area contributed by atoms with Crippen LogP contribution in [-0.4, -0.2) is 43.1 Å². The Kier molecular flexibility index (Phi) is 4.32. The summed E-state index contributed by atoms with van der Waals surface area (Å²) in [5, 5.41) is 0. The van der Waals surface area contributed by atoms with Crippen molar-refractivity contribution in [1.29, 1.82) is 0 Å². The molecule has 0 saturated carbocycles. The van der Waals surface area contributed by atoms with Crippen LogP contribution in [0.25, 0.3) is 5.83 Å². The maximum absolute atomic E-state index is 13.8. The Morgan fingerprint density at radius 3 is 2.63 bits per heavy atom. The minimum absolute atomic E-state index is 0.339. The minimum atomic E-state index is -0.339. The molecule has 0 aromatic carbocycles. The highest BCUT2D eigenvalue weighted by Gasteiger charge is 2.16. The highest BCUT2D eigenvalue weighted by atomic mass is 19.1. The van der Waals surface area contributed by atoms with Crippen molar-refractivity contribution in [2.45, 2.75) is 6.92 Å². The second-order valence-electron chi connectivity index (χ2n) is 4.89. The zero-order chi connectivity index (χ0) is 13.8. The molecule has 1 saturated heterocycles. The zero-order valence-corrected chi connectivity index (χ0v) is 11.6. The molecule has 1 aromatic heterocycles. The molecule has 2 heterocycles. The molecule has 1 fully saturated rings. The smallest absolute Gasteiger partial charge is 0.148 e. The standard InChI is InChI=1S/C15H20FN3/c1-4-5-14(16)15-11-13(10-12(2)17-15)19-8-6-18(3)7-9-19/h4-5,10-11H,1,6-9H2,2-3H3/b14-5-. The molecule has 0 spiro atoms. The largest absolute Gasteiger partial charge is 0.369 e. The maximum Gasteiger partial charge on any atom is 0.148 e. The van der Waals surface area contributed by atoms with Crippen LogP contribution >= 0.6 is 0 Å². The van der Waals surface area contributed by atoms with E-state index < -0.39 is 0 Å². The van der Waals surface area contributed by atoms with E-state index in [2.05, 4.69) is 28.4 Å². The Morgan fingerprint density at radius 1 is 1.32 bits per heavy atom. The first-order valence-corrected chi connectivity index (χ1v) is 6.51. The average Bonchev–Trinajstić information content (AvgIpc) is 2.39. The van der Waals surface area contributed by atoms with Gasteiger partial charge in [0.2, 0.25) is 0 Å². The van der Waals surface area contributed by atoms with Crippen molar-refractivity contribution in [3.8, 4) is 0 Å². The summed E-state index contributed by atoms with van der Waals surface area (Å²) >= 11 is 0. The van der Waals surface area contributed by atoms with E-state index in [1.54, 1.807) is 0 Å². The molecule has 102 valence electrons. The molecule has 0 N–H and O–H groups in total. The van der Waals surface area contributed by atoms with E-state index in [0.29, 0.717) is 5.69 Å². The van der Waals surface area contributed by atoms with Crippen LogP contribution in [0.2, 0.25) is 0 Å². The summed E-state index contributed by atoms with van der Waals surface area (Å²) in [5.41, 5.74) is 2.26. The fourth-order valence-corrected chi connectivity index (χ4v) is 2.21. The molecule has 1 aliphatic heterocycles. The van der Waals surface area contributed by atoms with E-state index in [-0.39, 0.29) is 5.83 Å². The second kappa shape index (κ2) is 5.97. The molecular formula is C15H20FN3. The molecule has 2 rings (SSSR count). The summed E-state index contributed by atoms with van der Waals surface area (Å²) < 4.78 is 13.8.